The predicted molar refractivity (Wildman–Crippen MR) is 158 cm³/mol. The van der Waals surface area contributed by atoms with E-state index in [-0.39, 0.29) is 10.8 Å². The van der Waals surface area contributed by atoms with Crippen LogP contribution in [-0.2, 0) is 10.8 Å². The van der Waals surface area contributed by atoms with Crippen LogP contribution >= 0.6 is 0 Å². The van der Waals surface area contributed by atoms with Crippen LogP contribution in [0.5, 0.6) is 0 Å². The van der Waals surface area contributed by atoms with Crippen molar-refractivity contribution >= 4 is 17.1 Å². The highest BCUT2D eigenvalue weighted by Gasteiger charge is 2.45. The lowest BCUT2D eigenvalue weighted by molar-refractivity contribution is 0.299. The van der Waals surface area contributed by atoms with Crippen LogP contribution in [0.3, 0.4) is 0 Å². The standard InChI is InChI=1S/C36H33N/c1-35(2)32-21-13-11-20-30(32)31-24-23-28(25-33(31)36(35,3)4)37(27-17-9-6-10-18-27)34-22-14-12-19-29(34)26-15-7-5-8-16-26/h5-25H,1-4H3. The van der Waals surface area contributed by atoms with Crippen molar-refractivity contribution in [3.8, 4) is 22.3 Å². The van der Waals surface area contributed by atoms with Gasteiger partial charge in [0, 0.05) is 16.9 Å². The lowest BCUT2D eigenvalue weighted by Gasteiger charge is -2.48. The zero-order chi connectivity index (χ0) is 25.6. The molecule has 37 heavy (non-hydrogen) atoms. The molecule has 0 spiro atoms. The van der Waals surface area contributed by atoms with Gasteiger partial charge in [-0.1, -0.05) is 125 Å². The fourth-order valence-corrected chi connectivity index (χ4v) is 5.89. The number of para-hydroxylation sites is 2. The van der Waals surface area contributed by atoms with E-state index in [4.69, 9.17) is 0 Å². The van der Waals surface area contributed by atoms with Crippen molar-refractivity contribution in [1.29, 1.82) is 0 Å². The number of hydrogen-bond acceptors (Lipinski definition) is 1. The van der Waals surface area contributed by atoms with Gasteiger partial charge in [-0.05, 0) is 69.0 Å². The summed E-state index contributed by atoms with van der Waals surface area (Å²) in [6.45, 7) is 9.58. The molecule has 0 atom stereocenters. The first-order valence-electron chi connectivity index (χ1n) is 13.1. The topological polar surface area (TPSA) is 3.24 Å². The normalized spacial score (nSPS) is 14.9. The minimum absolute atomic E-state index is 0.00522. The highest BCUT2D eigenvalue weighted by atomic mass is 15.1. The maximum atomic E-state index is 2.43. The molecular weight excluding hydrogens is 446 g/mol. The summed E-state index contributed by atoms with van der Waals surface area (Å²) in [7, 11) is 0. The highest BCUT2D eigenvalue weighted by molar-refractivity contribution is 5.89. The van der Waals surface area contributed by atoms with Crippen LogP contribution in [0.4, 0.5) is 17.1 Å². The maximum absolute atomic E-state index is 2.43. The molecule has 0 heterocycles. The first-order chi connectivity index (χ1) is 17.9. The molecule has 0 saturated heterocycles. The van der Waals surface area contributed by atoms with Crippen LogP contribution in [0.25, 0.3) is 22.3 Å². The van der Waals surface area contributed by atoms with E-state index in [1.807, 2.05) is 0 Å². The number of nitrogens with zero attached hydrogens (tertiary/aromatic N) is 1. The lowest BCUT2D eigenvalue weighted by Crippen LogP contribution is -2.43. The highest BCUT2D eigenvalue weighted by Crippen LogP contribution is 2.55. The van der Waals surface area contributed by atoms with Gasteiger partial charge in [-0.3, -0.25) is 0 Å². The van der Waals surface area contributed by atoms with E-state index in [0.29, 0.717) is 0 Å². The third-order valence-corrected chi connectivity index (χ3v) is 8.63. The Kier molecular flexibility index (Phi) is 5.53. The number of benzene rings is 5. The summed E-state index contributed by atoms with van der Waals surface area (Å²) in [5, 5.41) is 0. The van der Waals surface area contributed by atoms with Gasteiger partial charge in [-0.25, -0.2) is 0 Å². The van der Waals surface area contributed by atoms with E-state index in [0.717, 1.165) is 5.69 Å². The number of fused-ring (bicyclic) bond motifs is 3. The predicted octanol–water partition coefficient (Wildman–Crippen LogP) is 10.1. The molecule has 0 radical (unpaired) electrons. The van der Waals surface area contributed by atoms with Crippen LogP contribution in [0, 0.1) is 0 Å². The van der Waals surface area contributed by atoms with Crippen LogP contribution in [0.1, 0.15) is 38.8 Å². The van der Waals surface area contributed by atoms with Crippen LogP contribution in [0.15, 0.2) is 127 Å². The number of anilines is 3. The van der Waals surface area contributed by atoms with Gasteiger partial charge >= 0.3 is 0 Å². The SMILES string of the molecule is CC1(C)c2ccccc2-c2ccc(N(c3ccccc3)c3ccccc3-c3ccccc3)cc2C1(C)C. The van der Waals surface area contributed by atoms with E-state index < -0.39 is 0 Å². The van der Waals surface area contributed by atoms with Crippen LogP contribution < -0.4 is 4.90 Å². The summed E-state index contributed by atoms with van der Waals surface area (Å²) >= 11 is 0. The largest absolute Gasteiger partial charge is 0.310 e. The quantitative estimate of drug-likeness (QED) is 0.248. The smallest absolute Gasteiger partial charge is 0.0540 e. The molecule has 0 aliphatic heterocycles. The van der Waals surface area contributed by atoms with E-state index >= 15 is 0 Å². The van der Waals surface area contributed by atoms with Crippen LogP contribution in [-0.4, -0.2) is 0 Å². The van der Waals surface area contributed by atoms with Gasteiger partial charge in [0.25, 0.3) is 0 Å². The first-order valence-corrected chi connectivity index (χ1v) is 13.1. The molecule has 5 aromatic carbocycles. The van der Waals surface area contributed by atoms with Gasteiger partial charge in [0.05, 0.1) is 5.69 Å². The second kappa shape index (κ2) is 8.78. The molecule has 6 rings (SSSR count). The molecule has 0 unspecified atom stereocenters. The molecular formula is C36H33N. The van der Waals surface area contributed by atoms with Gasteiger partial charge in [-0.2, -0.15) is 0 Å². The van der Waals surface area contributed by atoms with Crippen LogP contribution in [0.2, 0.25) is 0 Å². The first kappa shape index (κ1) is 23.3. The summed E-state index contributed by atoms with van der Waals surface area (Å²) in [5.41, 5.74) is 11.4. The van der Waals surface area contributed by atoms with E-state index in [1.165, 1.54) is 44.8 Å². The molecule has 182 valence electrons. The second-order valence-electron chi connectivity index (χ2n) is 11.1. The van der Waals surface area contributed by atoms with Crippen molar-refractivity contribution in [2.45, 2.75) is 38.5 Å². The van der Waals surface area contributed by atoms with Gasteiger partial charge in [0.1, 0.15) is 0 Å². The molecule has 1 nitrogen and oxygen atoms in total. The zero-order valence-corrected chi connectivity index (χ0v) is 22.1. The maximum Gasteiger partial charge on any atom is 0.0540 e. The molecule has 5 aromatic rings. The van der Waals surface area contributed by atoms with Crippen molar-refractivity contribution in [3.63, 3.8) is 0 Å². The van der Waals surface area contributed by atoms with Crippen molar-refractivity contribution in [2.75, 3.05) is 4.90 Å². The van der Waals surface area contributed by atoms with E-state index in [1.54, 1.807) is 0 Å². The molecule has 0 aromatic heterocycles. The Labute approximate surface area is 221 Å². The Morgan fingerprint density at radius 3 is 1.70 bits per heavy atom. The fourth-order valence-electron chi connectivity index (χ4n) is 5.89. The van der Waals surface area contributed by atoms with Crippen molar-refractivity contribution in [3.05, 3.63) is 139 Å². The van der Waals surface area contributed by atoms with Crippen molar-refractivity contribution in [1.82, 2.24) is 0 Å². The zero-order valence-electron chi connectivity index (χ0n) is 22.1. The molecule has 0 saturated carbocycles. The number of rotatable bonds is 4. The van der Waals surface area contributed by atoms with Crippen molar-refractivity contribution in [2.24, 2.45) is 0 Å². The molecule has 0 bridgehead atoms. The lowest BCUT2D eigenvalue weighted by atomic mass is 9.55. The number of hydrogen-bond donors (Lipinski definition) is 0. The third-order valence-electron chi connectivity index (χ3n) is 8.63. The minimum atomic E-state index is -0.0476. The molecule has 1 aliphatic rings. The summed E-state index contributed by atoms with van der Waals surface area (Å²) in [6.07, 6.45) is 0. The Balaban J connectivity index is 1.60. The molecule has 0 fully saturated rings. The van der Waals surface area contributed by atoms with Gasteiger partial charge < -0.3 is 4.90 Å². The summed E-state index contributed by atoms with van der Waals surface area (Å²) in [6, 6.07) is 46.1. The molecule has 1 aliphatic carbocycles. The van der Waals surface area contributed by atoms with Gasteiger partial charge in [0.2, 0.25) is 0 Å². The molecule has 0 N–H and O–H groups in total. The summed E-state index contributed by atoms with van der Waals surface area (Å²) in [5.74, 6) is 0. The van der Waals surface area contributed by atoms with Gasteiger partial charge in [-0.15, -0.1) is 0 Å². The van der Waals surface area contributed by atoms with E-state index in [9.17, 15) is 0 Å². The average Bonchev–Trinajstić information content (AvgIpc) is 2.94. The second-order valence-corrected chi connectivity index (χ2v) is 11.1. The summed E-state index contributed by atoms with van der Waals surface area (Å²) in [4.78, 5) is 2.41. The Hall–Kier alpha value is -4.10. The third kappa shape index (κ3) is 3.69. The van der Waals surface area contributed by atoms with Crippen molar-refractivity contribution < 1.29 is 0 Å². The summed E-state index contributed by atoms with van der Waals surface area (Å²) < 4.78 is 0. The Morgan fingerprint density at radius 2 is 0.973 bits per heavy atom. The molecule has 1 heteroatoms. The van der Waals surface area contributed by atoms with E-state index in [2.05, 4.69) is 160 Å². The fraction of sp³-hybridized carbons (Fsp3) is 0.167. The monoisotopic (exact) mass is 479 g/mol. The molecule has 0 amide bonds. The Bertz CT molecular complexity index is 1560. The Morgan fingerprint density at radius 1 is 0.432 bits per heavy atom. The minimum Gasteiger partial charge on any atom is -0.310 e. The average molecular weight is 480 g/mol. The van der Waals surface area contributed by atoms with Gasteiger partial charge in [0.15, 0.2) is 0 Å².